The number of hydrogen-bond acceptors (Lipinski definition) is 4. The molecule has 0 amide bonds. The van der Waals surface area contributed by atoms with Crippen LogP contribution in [-0.2, 0) is 5.41 Å². The minimum atomic E-state index is -0.434. The number of allylic oxidation sites excluding steroid dienone is 3. The second kappa shape index (κ2) is 14.0. The fourth-order valence-electron chi connectivity index (χ4n) is 10.1. The van der Waals surface area contributed by atoms with Crippen LogP contribution in [0, 0.1) is 5.92 Å². The van der Waals surface area contributed by atoms with E-state index in [1.807, 2.05) is 30.1 Å². The average molecular weight is 784 g/mol. The van der Waals surface area contributed by atoms with E-state index in [9.17, 15) is 0 Å². The molecule has 7 aromatic carbocycles. The summed E-state index contributed by atoms with van der Waals surface area (Å²) in [5.74, 6) is 0.906. The molecule has 1 aliphatic heterocycles. The smallest absolute Gasteiger partial charge is 0.160 e. The Kier molecular flexibility index (Phi) is 8.14. The molecule has 3 atom stereocenters. The average Bonchev–Trinajstić information content (AvgIpc) is 3.63. The topological polar surface area (TPSA) is 38.7 Å². The highest BCUT2D eigenvalue weighted by molar-refractivity contribution is 8.00. The number of hydrogen-bond donors (Lipinski definition) is 0. The molecule has 0 radical (unpaired) electrons. The van der Waals surface area contributed by atoms with E-state index in [-0.39, 0.29) is 11.2 Å². The summed E-state index contributed by atoms with van der Waals surface area (Å²) in [6.45, 7) is 0. The minimum absolute atomic E-state index is 0.194. The van der Waals surface area contributed by atoms with Crippen molar-refractivity contribution in [2.24, 2.45) is 5.92 Å². The van der Waals surface area contributed by atoms with E-state index in [0.717, 1.165) is 50.1 Å². The lowest BCUT2D eigenvalue weighted by atomic mass is 9.61. The summed E-state index contributed by atoms with van der Waals surface area (Å²) in [5, 5.41) is 1.42. The van der Waals surface area contributed by atoms with Crippen molar-refractivity contribution >= 4 is 22.7 Å². The van der Waals surface area contributed by atoms with Gasteiger partial charge in [0.25, 0.3) is 0 Å². The Labute approximate surface area is 353 Å². The first kappa shape index (κ1) is 34.9. The fourth-order valence-corrected chi connectivity index (χ4v) is 11.5. The van der Waals surface area contributed by atoms with Gasteiger partial charge in [-0.3, -0.25) is 4.98 Å². The van der Waals surface area contributed by atoms with Crippen LogP contribution >= 0.6 is 11.8 Å². The zero-order valence-corrected chi connectivity index (χ0v) is 33.4. The minimum Gasteiger partial charge on any atom is -0.256 e. The lowest BCUT2D eigenvalue weighted by molar-refractivity contribution is 0.449. The van der Waals surface area contributed by atoms with E-state index >= 15 is 0 Å². The molecular weight excluding hydrogens is 747 g/mol. The highest BCUT2D eigenvalue weighted by Gasteiger charge is 2.55. The molecule has 60 heavy (non-hydrogen) atoms. The van der Waals surface area contributed by atoms with Crippen molar-refractivity contribution < 1.29 is 0 Å². The van der Waals surface area contributed by atoms with Crippen LogP contribution in [-0.4, -0.2) is 20.2 Å². The number of benzene rings is 7. The fraction of sp³-hybridized carbons (Fsp3) is 0.0536. The van der Waals surface area contributed by atoms with Crippen LogP contribution in [0.3, 0.4) is 0 Å². The van der Waals surface area contributed by atoms with E-state index in [0.29, 0.717) is 5.82 Å². The number of nitrogens with zero attached hydrogens (tertiary/aromatic N) is 3. The van der Waals surface area contributed by atoms with Gasteiger partial charge in [0.2, 0.25) is 0 Å². The molecule has 0 saturated heterocycles. The first-order valence-corrected chi connectivity index (χ1v) is 21.5. The van der Waals surface area contributed by atoms with Crippen molar-refractivity contribution in [1.29, 1.82) is 0 Å². The van der Waals surface area contributed by atoms with Gasteiger partial charge in [0.15, 0.2) is 5.82 Å². The Morgan fingerprint density at radius 2 is 1.05 bits per heavy atom. The van der Waals surface area contributed by atoms with E-state index in [1.165, 1.54) is 43.8 Å². The van der Waals surface area contributed by atoms with E-state index < -0.39 is 5.41 Å². The molecule has 2 aromatic heterocycles. The van der Waals surface area contributed by atoms with E-state index in [1.54, 1.807) is 0 Å². The SMILES string of the molecule is C1=CC2Sc3ccccc3C3(c4cccc(-c5ccc(-c6cccc7cccnc67)cc5)c4-c4c(-c5cc(-c6ccccc6)nc(-c6ccccc6)n5)cccc43)C2C=C1. The first-order valence-electron chi connectivity index (χ1n) is 20.6. The molecule has 2 aliphatic carbocycles. The second-order valence-corrected chi connectivity index (χ2v) is 17.0. The summed E-state index contributed by atoms with van der Waals surface area (Å²) in [5.41, 5.74) is 16.8. The quantitative estimate of drug-likeness (QED) is 0.174. The maximum Gasteiger partial charge on any atom is 0.160 e. The van der Waals surface area contributed by atoms with Crippen LogP contribution in [0.25, 0.3) is 78.2 Å². The molecule has 1 spiro atoms. The molecular formula is C56H37N3S. The number of rotatable bonds is 5. The predicted molar refractivity (Wildman–Crippen MR) is 248 cm³/mol. The molecule has 0 bridgehead atoms. The highest BCUT2D eigenvalue weighted by Crippen LogP contribution is 2.66. The summed E-state index contributed by atoms with van der Waals surface area (Å²) >= 11 is 1.99. The second-order valence-electron chi connectivity index (χ2n) is 15.8. The van der Waals surface area contributed by atoms with Gasteiger partial charge in [-0.15, -0.1) is 11.8 Å². The van der Waals surface area contributed by atoms with Gasteiger partial charge in [-0.05, 0) is 62.7 Å². The summed E-state index contributed by atoms with van der Waals surface area (Å²) in [7, 11) is 0. The van der Waals surface area contributed by atoms with Crippen LogP contribution in [0.5, 0.6) is 0 Å². The monoisotopic (exact) mass is 783 g/mol. The third-order valence-corrected chi connectivity index (χ3v) is 14.0. The van der Waals surface area contributed by atoms with Gasteiger partial charge in [0.1, 0.15) is 0 Å². The van der Waals surface area contributed by atoms with Gasteiger partial charge >= 0.3 is 0 Å². The molecule has 4 heteroatoms. The van der Waals surface area contributed by atoms with Crippen molar-refractivity contribution in [2.45, 2.75) is 15.6 Å². The lowest BCUT2D eigenvalue weighted by Gasteiger charge is -2.47. The highest BCUT2D eigenvalue weighted by atomic mass is 32.2. The number of fused-ring (bicyclic) bond motifs is 10. The van der Waals surface area contributed by atoms with Crippen molar-refractivity contribution in [2.75, 3.05) is 0 Å². The molecule has 9 aromatic rings. The zero-order chi connectivity index (χ0) is 39.6. The lowest BCUT2D eigenvalue weighted by Crippen LogP contribution is -2.43. The Balaban J connectivity index is 1.14. The molecule has 0 N–H and O–H groups in total. The number of thioether (sulfide) groups is 1. The van der Waals surface area contributed by atoms with Crippen molar-refractivity contribution in [3.8, 4) is 67.3 Å². The predicted octanol–water partition coefficient (Wildman–Crippen LogP) is 13.9. The van der Waals surface area contributed by atoms with Gasteiger partial charge in [0.05, 0.1) is 22.3 Å². The van der Waals surface area contributed by atoms with E-state index in [4.69, 9.17) is 15.0 Å². The Bertz CT molecular complexity index is 3130. The van der Waals surface area contributed by atoms with Crippen LogP contribution < -0.4 is 0 Å². The molecule has 3 nitrogen and oxygen atoms in total. The number of para-hydroxylation sites is 1. The van der Waals surface area contributed by atoms with Gasteiger partial charge in [-0.2, -0.15) is 0 Å². The van der Waals surface area contributed by atoms with Crippen LogP contribution in [0.4, 0.5) is 0 Å². The molecule has 0 saturated carbocycles. The van der Waals surface area contributed by atoms with Crippen LogP contribution in [0.1, 0.15) is 16.7 Å². The number of aromatic nitrogens is 3. The number of pyridine rings is 1. The summed E-state index contributed by atoms with van der Waals surface area (Å²) in [4.78, 5) is 16.7. The van der Waals surface area contributed by atoms with Gasteiger partial charge < -0.3 is 0 Å². The first-order chi connectivity index (χ1) is 29.8. The third-order valence-electron chi connectivity index (χ3n) is 12.6. The summed E-state index contributed by atoms with van der Waals surface area (Å²) in [6.07, 6.45) is 11.2. The molecule has 3 aliphatic rings. The van der Waals surface area contributed by atoms with Crippen molar-refractivity contribution in [3.05, 3.63) is 229 Å². The van der Waals surface area contributed by atoms with E-state index in [2.05, 4.69) is 194 Å². The maximum absolute atomic E-state index is 5.44. The van der Waals surface area contributed by atoms with Gasteiger partial charge in [-0.25, -0.2) is 9.97 Å². The molecule has 3 unspecified atom stereocenters. The normalized spacial score (nSPS) is 18.2. The zero-order valence-electron chi connectivity index (χ0n) is 32.6. The molecule has 0 fully saturated rings. The summed E-state index contributed by atoms with van der Waals surface area (Å²) < 4.78 is 0. The van der Waals surface area contributed by atoms with Crippen molar-refractivity contribution in [3.63, 3.8) is 0 Å². The maximum atomic E-state index is 5.44. The van der Waals surface area contributed by atoms with Crippen molar-refractivity contribution in [1.82, 2.24) is 15.0 Å². The van der Waals surface area contributed by atoms with Crippen LogP contribution in [0.2, 0.25) is 0 Å². The Hall–Kier alpha value is -7.14. The largest absolute Gasteiger partial charge is 0.256 e. The molecule has 12 rings (SSSR count). The molecule has 282 valence electrons. The Morgan fingerprint density at radius 3 is 1.85 bits per heavy atom. The third kappa shape index (κ3) is 5.34. The van der Waals surface area contributed by atoms with Gasteiger partial charge in [-0.1, -0.05) is 188 Å². The summed E-state index contributed by atoms with van der Waals surface area (Å²) in [6, 6.07) is 65.7. The molecule has 3 heterocycles. The van der Waals surface area contributed by atoms with Crippen LogP contribution in [0.15, 0.2) is 217 Å². The van der Waals surface area contributed by atoms with Gasteiger partial charge in [0, 0.05) is 49.9 Å². The standard InChI is InChI=1S/C56H37N3S/c1-3-15-38(16-4-1)48-35-49(59-55(58-48)40-17-5-2-6-18-40)43-23-13-27-47-53(43)52-41(36-30-32-37(33-31-36)42-22-11-19-39-20-14-34-57-54(39)42)21-12-26-46(52)56(47)44-24-7-9-28-50(44)60-51-29-10-8-25-45(51)56/h1-35,44,50H. The Morgan fingerprint density at radius 1 is 0.450 bits per heavy atom.